The molecule has 0 fully saturated rings. The molecule has 2 aromatic carbocycles. The number of sulfonamides is 1. The molecule has 2 rings (SSSR count). The van der Waals surface area contributed by atoms with Crippen LogP contribution in [-0.2, 0) is 10.0 Å². The van der Waals surface area contributed by atoms with E-state index in [0.717, 1.165) is 28.1 Å². The largest absolute Gasteiger partial charge is 0.345 e. The smallest absolute Gasteiger partial charge is 0.253 e. The normalized spacial score (nSPS) is 12.5. The Balaban J connectivity index is 2.30. The molecule has 1 atom stereocenters. The Labute approximate surface area is 149 Å². The summed E-state index contributed by atoms with van der Waals surface area (Å²) in [5.41, 5.74) is 2.88. The fourth-order valence-corrected chi connectivity index (χ4v) is 3.09. The number of carbonyl (C=O) groups excluding carboxylic acids is 1. The Kier molecular flexibility index (Phi) is 5.85. The summed E-state index contributed by atoms with van der Waals surface area (Å²) in [5, 5.41) is 3.01. The molecule has 0 aliphatic carbocycles. The molecule has 5 nitrogen and oxygen atoms in total. The molecule has 134 valence electrons. The number of anilines is 1. The van der Waals surface area contributed by atoms with E-state index < -0.39 is 10.0 Å². The first-order valence-electron chi connectivity index (χ1n) is 8.14. The van der Waals surface area contributed by atoms with Crippen molar-refractivity contribution in [1.82, 2.24) is 5.32 Å². The number of hydrogen-bond donors (Lipinski definition) is 1. The Morgan fingerprint density at radius 2 is 1.72 bits per heavy atom. The van der Waals surface area contributed by atoms with Crippen LogP contribution in [0.2, 0.25) is 0 Å². The molecular formula is C19H24N2O3S. The average molecular weight is 360 g/mol. The predicted octanol–water partition coefficient (Wildman–Crippen LogP) is 3.27. The summed E-state index contributed by atoms with van der Waals surface area (Å²) in [7, 11) is -2.01. The molecule has 0 aliphatic rings. The zero-order chi connectivity index (χ0) is 18.6. The van der Waals surface area contributed by atoms with Crippen molar-refractivity contribution in [2.45, 2.75) is 26.3 Å². The highest BCUT2D eigenvalue weighted by Gasteiger charge is 2.21. The van der Waals surface area contributed by atoms with E-state index in [2.05, 4.69) is 5.32 Å². The minimum Gasteiger partial charge on any atom is -0.345 e. The molecule has 25 heavy (non-hydrogen) atoms. The Morgan fingerprint density at radius 3 is 2.28 bits per heavy atom. The second-order valence-electron chi connectivity index (χ2n) is 6.09. The predicted molar refractivity (Wildman–Crippen MR) is 101 cm³/mol. The van der Waals surface area contributed by atoms with Gasteiger partial charge in [0.25, 0.3) is 5.91 Å². The summed E-state index contributed by atoms with van der Waals surface area (Å²) in [6, 6.07) is 14.6. The van der Waals surface area contributed by atoms with E-state index >= 15 is 0 Å². The van der Waals surface area contributed by atoms with E-state index in [1.54, 1.807) is 24.3 Å². The van der Waals surface area contributed by atoms with Crippen LogP contribution in [0.4, 0.5) is 5.69 Å². The number of para-hydroxylation sites is 1. The maximum Gasteiger partial charge on any atom is 0.253 e. The first-order valence-corrected chi connectivity index (χ1v) is 9.99. The lowest BCUT2D eigenvalue weighted by molar-refractivity contribution is 0.0936. The van der Waals surface area contributed by atoms with Gasteiger partial charge < -0.3 is 5.32 Å². The number of benzene rings is 2. The maximum atomic E-state index is 12.8. The van der Waals surface area contributed by atoms with Gasteiger partial charge >= 0.3 is 0 Å². The van der Waals surface area contributed by atoms with Gasteiger partial charge in [0.05, 0.1) is 23.5 Å². The highest BCUT2D eigenvalue weighted by atomic mass is 32.2. The zero-order valence-corrected chi connectivity index (χ0v) is 15.8. The molecule has 0 aliphatic heterocycles. The fraction of sp³-hybridized carbons (Fsp3) is 0.316. The van der Waals surface area contributed by atoms with Crippen LogP contribution in [0.3, 0.4) is 0 Å². The molecule has 0 saturated carbocycles. The van der Waals surface area contributed by atoms with Crippen molar-refractivity contribution in [2.24, 2.45) is 0 Å². The van der Waals surface area contributed by atoms with E-state index in [9.17, 15) is 13.2 Å². The van der Waals surface area contributed by atoms with Crippen molar-refractivity contribution in [1.29, 1.82) is 0 Å². The Hall–Kier alpha value is -2.34. The van der Waals surface area contributed by atoms with Gasteiger partial charge in [-0.3, -0.25) is 9.10 Å². The third-order valence-corrected chi connectivity index (χ3v) is 5.37. The summed E-state index contributed by atoms with van der Waals surface area (Å²) in [6.45, 7) is 4.01. The van der Waals surface area contributed by atoms with Gasteiger partial charge in [-0.2, -0.15) is 0 Å². The third kappa shape index (κ3) is 4.60. The average Bonchev–Trinajstić information content (AvgIpc) is 2.59. The molecule has 0 saturated heterocycles. The first kappa shape index (κ1) is 19.0. The molecule has 0 radical (unpaired) electrons. The lowest BCUT2D eigenvalue weighted by atomic mass is 10.0. The molecule has 0 spiro atoms. The fourth-order valence-electron chi connectivity index (χ4n) is 2.57. The van der Waals surface area contributed by atoms with Gasteiger partial charge in [-0.1, -0.05) is 48.9 Å². The van der Waals surface area contributed by atoms with Crippen LogP contribution in [0, 0.1) is 6.92 Å². The van der Waals surface area contributed by atoms with Crippen LogP contribution >= 0.6 is 0 Å². The number of nitrogens with zero attached hydrogens (tertiary/aromatic N) is 1. The highest BCUT2D eigenvalue weighted by molar-refractivity contribution is 7.92. The summed E-state index contributed by atoms with van der Waals surface area (Å²) in [5.74, 6) is -0.293. The Morgan fingerprint density at radius 1 is 1.12 bits per heavy atom. The van der Waals surface area contributed by atoms with Gasteiger partial charge in [-0.05, 0) is 31.0 Å². The number of amides is 1. The van der Waals surface area contributed by atoms with Crippen LogP contribution in [0.5, 0.6) is 0 Å². The SMILES string of the molecule is CC[C@H](NC(=O)c1ccccc1N(C)S(C)(=O)=O)c1ccc(C)cc1. The topological polar surface area (TPSA) is 66.5 Å². The van der Waals surface area contributed by atoms with Crippen molar-refractivity contribution in [3.05, 3.63) is 65.2 Å². The van der Waals surface area contributed by atoms with Crippen LogP contribution in [-0.4, -0.2) is 27.6 Å². The molecule has 1 amide bonds. The van der Waals surface area contributed by atoms with Crippen LogP contribution in [0.25, 0.3) is 0 Å². The first-order chi connectivity index (χ1) is 11.7. The summed E-state index contributed by atoms with van der Waals surface area (Å²) >= 11 is 0. The van der Waals surface area contributed by atoms with Gasteiger partial charge in [0.2, 0.25) is 10.0 Å². The molecule has 2 aromatic rings. The van der Waals surface area contributed by atoms with E-state index in [4.69, 9.17) is 0 Å². The van der Waals surface area contributed by atoms with E-state index in [-0.39, 0.29) is 11.9 Å². The molecule has 6 heteroatoms. The Bertz CT molecular complexity index is 845. The van der Waals surface area contributed by atoms with E-state index in [0.29, 0.717) is 11.3 Å². The number of rotatable bonds is 6. The van der Waals surface area contributed by atoms with E-state index in [1.807, 2.05) is 38.1 Å². The summed E-state index contributed by atoms with van der Waals surface area (Å²) in [4.78, 5) is 12.8. The molecule has 0 heterocycles. The second-order valence-corrected chi connectivity index (χ2v) is 8.11. The molecular weight excluding hydrogens is 336 g/mol. The summed E-state index contributed by atoms with van der Waals surface area (Å²) in [6.07, 6.45) is 1.85. The quantitative estimate of drug-likeness (QED) is 0.860. The molecule has 0 aromatic heterocycles. The van der Waals surface area contributed by atoms with Crippen molar-refractivity contribution in [3.8, 4) is 0 Å². The van der Waals surface area contributed by atoms with Crippen molar-refractivity contribution in [2.75, 3.05) is 17.6 Å². The van der Waals surface area contributed by atoms with Crippen molar-refractivity contribution < 1.29 is 13.2 Å². The van der Waals surface area contributed by atoms with E-state index in [1.165, 1.54) is 7.05 Å². The van der Waals surface area contributed by atoms with Gasteiger partial charge in [0, 0.05) is 7.05 Å². The lowest BCUT2D eigenvalue weighted by Gasteiger charge is -2.22. The monoisotopic (exact) mass is 360 g/mol. The third-order valence-electron chi connectivity index (χ3n) is 4.18. The second kappa shape index (κ2) is 7.70. The highest BCUT2D eigenvalue weighted by Crippen LogP contribution is 2.23. The lowest BCUT2D eigenvalue weighted by Crippen LogP contribution is -2.32. The van der Waals surface area contributed by atoms with Crippen LogP contribution < -0.4 is 9.62 Å². The molecule has 1 N–H and O–H groups in total. The maximum absolute atomic E-state index is 12.8. The molecule has 0 unspecified atom stereocenters. The van der Waals surface area contributed by atoms with Crippen molar-refractivity contribution >= 4 is 21.6 Å². The van der Waals surface area contributed by atoms with Gasteiger partial charge in [0.1, 0.15) is 0 Å². The molecule has 0 bridgehead atoms. The number of aryl methyl sites for hydroxylation is 1. The number of nitrogens with one attached hydrogen (secondary N) is 1. The van der Waals surface area contributed by atoms with Crippen LogP contribution in [0.1, 0.15) is 40.9 Å². The standard InChI is InChI=1S/C19H24N2O3S/c1-5-17(15-12-10-14(2)11-13-15)20-19(22)16-8-6-7-9-18(16)21(3)25(4,23)24/h6-13,17H,5H2,1-4H3,(H,20,22)/t17-/m0/s1. The van der Waals surface area contributed by atoms with Crippen LogP contribution in [0.15, 0.2) is 48.5 Å². The summed E-state index contributed by atoms with van der Waals surface area (Å²) < 4.78 is 24.8. The van der Waals surface area contributed by atoms with Crippen molar-refractivity contribution in [3.63, 3.8) is 0 Å². The minimum absolute atomic E-state index is 0.135. The minimum atomic E-state index is -3.45. The number of hydrogen-bond acceptors (Lipinski definition) is 3. The van der Waals surface area contributed by atoms with Gasteiger partial charge in [-0.15, -0.1) is 0 Å². The zero-order valence-electron chi connectivity index (χ0n) is 15.0. The van der Waals surface area contributed by atoms with Gasteiger partial charge in [0.15, 0.2) is 0 Å². The van der Waals surface area contributed by atoms with Gasteiger partial charge in [-0.25, -0.2) is 8.42 Å². The number of carbonyl (C=O) groups is 1.